The van der Waals surface area contributed by atoms with Crippen LogP contribution in [0.3, 0.4) is 0 Å². The molecular weight excluding hydrogens is 649 g/mol. The summed E-state index contributed by atoms with van der Waals surface area (Å²) in [6.07, 6.45) is 6.25. The van der Waals surface area contributed by atoms with Crippen LogP contribution in [0.25, 0.3) is 98.7 Å². The van der Waals surface area contributed by atoms with Crippen molar-refractivity contribution in [2.24, 2.45) is 0 Å². The quantitative estimate of drug-likeness (QED) is 0.171. The van der Waals surface area contributed by atoms with Crippen molar-refractivity contribution in [3.63, 3.8) is 0 Å². The Balaban J connectivity index is 1.09. The third-order valence-electron chi connectivity index (χ3n) is 10.5. The molecule has 7 aromatic carbocycles. The van der Waals surface area contributed by atoms with Crippen LogP contribution in [0.15, 0.2) is 170 Å². The lowest BCUT2D eigenvalue weighted by atomic mass is 10.0. The summed E-state index contributed by atoms with van der Waals surface area (Å²) >= 11 is 1.86. The van der Waals surface area contributed by atoms with Gasteiger partial charge in [-0.15, -0.1) is 11.3 Å². The maximum Gasteiger partial charge on any atom is 0.0541 e. The Hall–Kier alpha value is -6.42. The summed E-state index contributed by atoms with van der Waals surface area (Å²) in [7, 11) is 0. The maximum absolute atomic E-state index is 4.09. The van der Waals surface area contributed by atoms with E-state index in [0.29, 0.717) is 0 Å². The summed E-state index contributed by atoms with van der Waals surface area (Å²) in [5.74, 6) is 0. The second kappa shape index (κ2) is 12.1. The molecule has 0 atom stereocenters. The van der Waals surface area contributed by atoms with Crippen LogP contribution in [0.5, 0.6) is 0 Å². The number of nitrogens with zero attached hydrogens (tertiary/aromatic N) is 2. The van der Waals surface area contributed by atoms with Crippen molar-refractivity contribution in [3.8, 4) is 33.6 Å². The van der Waals surface area contributed by atoms with Gasteiger partial charge in [0.15, 0.2) is 0 Å². The number of para-hydroxylation sites is 2. The molecule has 10 rings (SSSR count). The zero-order valence-electron chi connectivity index (χ0n) is 28.8. The van der Waals surface area contributed by atoms with E-state index in [1.54, 1.807) is 0 Å². The fourth-order valence-corrected chi connectivity index (χ4v) is 9.17. The minimum absolute atomic E-state index is 1.12. The normalized spacial score (nSPS) is 12.6. The second-order valence-corrected chi connectivity index (χ2v) is 14.4. The Labute approximate surface area is 305 Å². The van der Waals surface area contributed by atoms with Gasteiger partial charge in [0.1, 0.15) is 0 Å². The Morgan fingerprint density at radius 1 is 0.462 bits per heavy atom. The molecule has 0 spiro atoms. The van der Waals surface area contributed by atoms with E-state index in [0.717, 1.165) is 11.0 Å². The highest BCUT2D eigenvalue weighted by Crippen LogP contribution is 2.37. The highest BCUT2D eigenvalue weighted by atomic mass is 32.1. The van der Waals surface area contributed by atoms with Gasteiger partial charge >= 0.3 is 0 Å². The van der Waals surface area contributed by atoms with E-state index in [1.807, 2.05) is 17.4 Å². The first-order chi connectivity index (χ1) is 25.7. The number of rotatable bonds is 5. The van der Waals surface area contributed by atoms with Gasteiger partial charge in [-0.3, -0.25) is 0 Å². The topological polar surface area (TPSA) is 9.86 Å². The zero-order valence-corrected chi connectivity index (χ0v) is 29.6. The summed E-state index contributed by atoms with van der Waals surface area (Å²) < 4.78 is 7.39. The van der Waals surface area contributed by atoms with Gasteiger partial charge in [-0.2, -0.15) is 0 Å². The largest absolute Gasteiger partial charge is 0.309 e. The first-order valence-electron chi connectivity index (χ1n) is 17.7. The second-order valence-electron chi connectivity index (χ2n) is 13.3. The molecule has 0 unspecified atom stereocenters. The SMILES string of the molecule is C=C/C=c1\c(=C/C)c2cc(-c3ccc4c(c3)c3ccccc3n4-c3ccccc3)ccc2n1-c1ccc(-c2ccc3sc4ccccc4c3c2)cc1. The van der Waals surface area contributed by atoms with Gasteiger partial charge in [0.2, 0.25) is 0 Å². The maximum atomic E-state index is 4.09. The lowest BCUT2D eigenvalue weighted by molar-refractivity contribution is 1.07. The third-order valence-corrected chi connectivity index (χ3v) is 11.6. The van der Waals surface area contributed by atoms with E-state index < -0.39 is 0 Å². The molecule has 3 heteroatoms. The minimum Gasteiger partial charge on any atom is -0.309 e. The summed E-state index contributed by atoms with van der Waals surface area (Å²) in [4.78, 5) is 0. The van der Waals surface area contributed by atoms with Crippen LogP contribution >= 0.6 is 11.3 Å². The standard InChI is InChI=1S/C49H34N2S/c1-3-12-44-38(4-2)41-29-34(35-22-27-47-42(30-35)39-15-8-10-17-45(39)50(47)36-13-6-5-7-14-36)21-26-46(41)51(44)37-24-19-32(20-25-37)33-23-28-49-43(31-33)40-16-9-11-18-48(40)52-49/h3-31H,1H2,2H3/b38-4-,44-12+. The number of fused-ring (bicyclic) bond motifs is 7. The van der Waals surface area contributed by atoms with Crippen LogP contribution in [0.4, 0.5) is 0 Å². The molecule has 0 aliphatic rings. The molecule has 2 nitrogen and oxygen atoms in total. The predicted octanol–water partition coefficient (Wildman–Crippen LogP) is 12.2. The monoisotopic (exact) mass is 682 g/mol. The van der Waals surface area contributed by atoms with Gasteiger partial charge in [-0.1, -0.05) is 104 Å². The predicted molar refractivity (Wildman–Crippen MR) is 225 cm³/mol. The molecule has 52 heavy (non-hydrogen) atoms. The smallest absolute Gasteiger partial charge is 0.0541 e. The number of hydrogen-bond acceptors (Lipinski definition) is 1. The van der Waals surface area contributed by atoms with Crippen molar-refractivity contribution in [1.29, 1.82) is 0 Å². The Morgan fingerprint density at radius 2 is 1.02 bits per heavy atom. The third kappa shape index (κ3) is 4.71. The van der Waals surface area contributed by atoms with E-state index >= 15 is 0 Å². The van der Waals surface area contributed by atoms with Crippen LogP contribution in [-0.2, 0) is 0 Å². The van der Waals surface area contributed by atoms with Crippen LogP contribution in [0, 0.1) is 0 Å². The molecule has 0 aliphatic heterocycles. The van der Waals surface area contributed by atoms with Gasteiger partial charge in [0, 0.05) is 52.9 Å². The molecular formula is C49H34N2S. The zero-order chi connectivity index (χ0) is 34.8. The molecule has 3 aromatic heterocycles. The summed E-state index contributed by atoms with van der Waals surface area (Å²) in [6, 6.07) is 57.7. The lowest BCUT2D eigenvalue weighted by Crippen LogP contribution is -2.27. The van der Waals surface area contributed by atoms with Crippen molar-refractivity contribution < 1.29 is 0 Å². The molecule has 0 amide bonds. The van der Waals surface area contributed by atoms with Crippen molar-refractivity contribution in [1.82, 2.24) is 9.13 Å². The van der Waals surface area contributed by atoms with Crippen molar-refractivity contribution in [2.45, 2.75) is 6.92 Å². The molecule has 0 saturated heterocycles. The van der Waals surface area contributed by atoms with Gasteiger partial charge < -0.3 is 9.13 Å². The van der Waals surface area contributed by atoms with E-state index in [2.05, 4.69) is 193 Å². The number of allylic oxidation sites excluding steroid dienone is 1. The van der Waals surface area contributed by atoms with E-state index in [-0.39, 0.29) is 0 Å². The first kappa shape index (κ1) is 30.4. The lowest BCUT2D eigenvalue weighted by Gasteiger charge is -2.10. The van der Waals surface area contributed by atoms with E-state index in [9.17, 15) is 0 Å². The Morgan fingerprint density at radius 3 is 1.79 bits per heavy atom. The molecule has 0 bridgehead atoms. The van der Waals surface area contributed by atoms with Crippen LogP contribution < -0.4 is 10.6 Å². The van der Waals surface area contributed by atoms with Crippen LogP contribution in [-0.4, -0.2) is 9.13 Å². The number of hydrogen-bond donors (Lipinski definition) is 0. The molecule has 0 saturated carbocycles. The van der Waals surface area contributed by atoms with Crippen molar-refractivity contribution >= 4 is 76.4 Å². The van der Waals surface area contributed by atoms with Gasteiger partial charge in [0.25, 0.3) is 0 Å². The molecule has 0 aliphatic carbocycles. The molecule has 0 fully saturated rings. The van der Waals surface area contributed by atoms with Gasteiger partial charge in [-0.05, 0) is 108 Å². The molecule has 10 aromatic rings. The number of aromatic nitrogens is 2. The van der Waals surface area contributed by atoms with E-state index in [4.69, 9.17) is 0 Å². The molecule has 246 valence electrons. The van der Waals surface area contributed by atoms with Gasteiger partial charge in [0.05, 0.1) is 21.9 Å². The minimum atomic E-state index is 1.12. The average Bonchev–Trinajstić information content (AvgIpc) is 3.85. The van der Waals surface area contributed by atoms with E-state index in [1.165, 1.54) is 86.0 Å². The van der Waals surface area contributed by atoms with Crippen molar-refractivity contribution in [2.75, 3.05) is 0 Å². The fourth-order valence-electron chi connectivity index (χ4n) is 8.09. The fraction of sp³-hybridized carbons (Fsp3) is 0.0204. The Kier molecular flexibility index (Phi) is 7.09. The highest BCUT2D eigenvalue weighted by molar-refractivity contribution is 7.25. The first-order valence-corrected chi connectivity index (χ1v) is 18.6. The highest BCUT2D eigenvalue weighted by Gasteiger charge is 2.15. The number of thiophene rings is 1. The van der Waals surface area contributed by atoms with Crippen LogP contribution in [0.1, 0.15) is 6.92 Å². The average molecular weight is 683 g/mol. The van der Waals surface area contributed by atoms with Gasteiger partial charge in [-0.25, -0.2) is 0 Å². The Bertz CT molecular complexity index is 3140. The van der Waals surface area contributed by atoms with Crippen molar-refractivity contribution in [3.05, 3.63) is 181 Å². The van der Waals surface area contributed by atoms with Crippen LogP contribution in [0.2, 0.25) is 0 Å². The molecule has 0 N–H and O–H groups in total. The number of benzene rings is 7. The molecule has 3 heterocycles. The summed E-state index contributed by atoms with van der Waals surface area (Å²) in [5, 5.41) is 8.71. The summed E-state index contributed by atoms with van der Waals surface area (Å²) in [5.41, 5.74) is 10.7. The molecule has 0 radical (unpaired) electrons. The summed E-state index contributed by atoms with van der Waals surface area (Å²) in [6.45, 7) is 6.22.